The van der Waals surface area contributed by atoms with Crippen LogP contribution in [0.5, 0.6) is 0 Å². The summed E-state index contributed by atoms with van der Waals surface area (Å²) in [5.41, 5.74) is 5.78. The lowest BCUT2D eigenvalue weighted by Crippen LogP contribution is -2.28. The van der Waals surface area contributed by atoms with Gasteiger partial charge in [-0.15, -0.1) is 0 Å². The van der Waals surface area contributed by atoms with Gasteiger partial charge >= 0.3 is 0 Å². The smallest absolute Gasteiger partial charge is 0.240 e. The summed E-state index contributed by atoms with van der Waals surface area (Å²) >= 11 is 1.31. The second kappa shape index (κ2) is 7.96. The highest BCUT2D eigenvalue weighted by Crippen LogP contribution is 2.29. The van der Waals surface area contributed by atoms with Crippen LogP contribution in [0.1, 0.15) is 28.7 Å². The van der Waals surface area contributed by atoms with Gasteiger partial charge in [0.2, 0.25) is 11.8 Å². The normalized spacial score (nSPS) is 17.9. The average molecular weight is 382 g/mol. The molecule has 0 aliphatic carbocycles. The summed E-state index contributed by atoms with van der Waals surface area (Å²) in [5.74, 6) is -0.352. The molecule has 0 unspecified atom stereocenters. The van der Waals surface area contributed by atoms with Crippen molar-refractivity contribution in [3.05, 3.63) is 58.7 Å². The van der Waals surface area contributed by atoms with Crippen molar-refractivity contribution in [1.82, 2.24) is 5.32 Å². The number of carbonyl (C=O) groups excluding carboxylic acids is 2. The monoisotopic (exact) mass is 381 g/mol. The molecule has 27 heavy (non-hydrogen) atoms. The number of hydrogen-bond donors (Lipinski definition) is 2. The second-order valence-corrected chi connectivity index (χ2v) is 7.96. The molecule has 2 N–H and O–H groups in total. The second-order valence-electron chi connectivity index (χ2n) is 6.77. The van der Waals surface area contributed by atoms with Gasteiger partial charge in [-0.25, -0.2) is 4.99 Å². The summed E-state index contributed by atoms with van der Waals surface area (Å²) in [5, 5.41) is 5.80. The van der Waals surface area contributed by atoms with Gasteiger partial charge < -0.3 is 10.6 Å². The Morgan fingerprint density at radius 3 is 2.19 bits per heavy atom. The van der Waals surface area contributed by atoms with Gasteiger partial charge in [-0.2, -0.15) is 0 Å². The molecule has 1 atom stereocenters. The predicted molar refractivity (Wildman–Crippen MR) is 112 cm³/mol. The Hall–Kier alpha value is -2.60. The molecule has 2 aromatic carbocycles. The molecule has 0 saturated carbocycles. The molecule has 1 aliphatic heterocycles. The Morgan fingerprint density at radius 1 is 1.04 bits per heavy atom. The van der Waals surface area contributed by atoms with E-state index in [0.29, 0.717) is 5.17 Å². The number of benzene rings is 2. The van der Waals surface area contributed by atoms with Crippen molar-refractivity contribution in [3.8, 4) is 0 Å². The molecule has 0 radical (unpaired) electrons. The Morgan fingerprint density at radius 2 is 1.59 bits per heavy atom. The van der Waals surface area contributed by atoms with Crippen molar-refractivity contribution in [2.75, 3.05) is 5.32 Å². The van der Waals surface area contributed by atoms with Gasteiger partial charge in [-0.05, 0) is 49.9 Å². The van der Waals surface area contributed by atoms with E-state index >= 15 is 0 Å². The van der Waals surface area contributed by atoms with E-state index in [1.165, 1.54) is 11.8 Å². The number of amidine groups is 1. The molecule has 1 saturated heterocycles. The summed E-state index contributed by atoms with van der Waals surface area (Å²) in [4.78, 5) is 29.3. The van der Waals surface area contributed by atoms with E-state index in [9.17, 15) is 9.59 Å². The number of aliphatic imine (C=N–C) groups is 1. The molecular weight excluding hydrogens is 358 g/mol. The van der Waals surface area contributed by atoms with E-state index in [-0.39, 0.29) is 18.2 Å². The van der Waals surface area contributed by atoms with Crippen LogP contribution in [0, 0.1) is 27.7 Å². The number of carbonyl (C=O) groups is 2. The molecule has 140 valence electrons. The van der Waals surface area contributed by atoms with Crippen molar-refractivity contribution >= 4 is 40.1 Å². The van der Waals surface area contributed by atoms with Gasteiger partial charge in [-0.1, -0.05) is 48.2 Å². The maximum atomic E-state index is 12.4. The summed E-state index contributed by atoms with van der Waals surface area (Å²) in [7, 11) is 0. The van der Waals surface area contributed by atoms with Crippen molar-refractivity contribution in [1.29, 1.82) is 0 Å². The Bertz CT molecular complexity index is 897. The lowest BCUT2D eigenvalue weighted by molar-refractivity contribution is -0.122. The number of nitrogens with zero attached hydrogens (tertiary/aromatic N) is 1. The highest BCUT2D eigenvalue weighted by molar-refractivity contribution is 8.15. The van der Waals surface area contributed by atoms with Crippen LogP contribution in [0.3, 0.4) is 0 Å². The van der Waals surface area contributed by atoms with E-state index in [0.717, 1.165) is 33.6 Å². The third-order valence-electron chi connectivity index (χ3n) is 4.55. The van der Waals surface area contributed by atoms with E-state index in [1.807, 2.05) is 64.1 Å². The van der Waals surface area contributed by atoms with Crippen LogP contribution in [0.4, 0.5) is 11.4 Å². The van der Waals surface area contributed by atoms with Gasteiger partial charge in [0.05, 0.1) is 5.69 Å². The molecule has 5 nitrogen and oxygen atoms in total. The molecule has 0 bridgehead atoms. The lowest BCUT2D eigenvalue weighted by Gasteiger charge is -2.12. The molecule has 2 aromatic rings. The van der Waals surface area contributed by atoms with Gasteiger partial charge in [0.1, 0.15) is 5.25 Å². The van der Waals surface area contributed by atoms with Gasteiger partial charge in [-0.3, -0.25) is 9.59 Å². The fraction of sp³-hybridized carbons (Fsp3) is 0.286. The largest absolute Gasteiger partial charge is 0.326 e. The summed E-state index contributed by atoms with van der Waals surface area (Å²) in [6.45, 7) is 7.89. The lowest BCUT2D eigenvalue weighted by atomic mass is 10.1. The molecule has 6 heteroatoms. The SMILES string of the molecule is Cc1cccc(C)c1N=C1NC(=O)[C@H](CC(=O)Nc2c(C)cccc2C)S1. The van der Waals surface area contributed by atoms with Crippen molar-refractivity contribution in [3.63, 3.8) is 0 Å². The number of hydrogen-bond acceptors (Lipinski definition) is 4. The molecule has 0 spiro atoms. The third-order valence-corrected chi connectivity index (χ3v) is 5.63. The minimum Gasteiger partial charge on any atom is -0.326 e. The van der Waals surface area contributed by atoms with Crippen molar-refractivity contribution in [2.24, 2.45) is 4.99 Å². The number of thioether (sulfide) groups is 1. The maximum Gasteiger partial charge on any atom is 0.240 e. The highest BCUT2D eigenvalue weighted by Gasteiger charge is 2.32. The number of para-hydroxylation sites is 2. The molecule has 0 aromatic heterocycles. The quantitative estimate of drug-likeness (QED) is 0.835. The zero-order valence-corrected chi connectivity index (χ0v) is 16.7. The number of anilines is 1. The number of nitrogens with one attached hydrogen (secondary N) is 2. The molecule has 1 heterocycles. The first-order chi connectivity index (χ1) is 12.8. The summed E-state index contributed by atoms with van der Waals surface area (Å²) in [6.07, 6.45) is 0.107. The molecule has 1 aliphatic rings. The summed E-state index contributed by atoms with van der Waals surface area (Å²) < 4.78 is 0. The van der Waals surface area contributed by atoms with Crippen molar-refractivity contribution < 1.29 is 9.59 Å². The molecule has 1 fully saturated rings. The average Bonchev–Trinajstić information content (AvgIpc) is 2.94. The standard InChI is InChI=1S/C21H23N3O2S/c1-12-7-5-8-13(2)18(12)22-17(25)11-16-20(26)24-21(27-16)23-19-14(3)9-6-10-15(19)4/h5-10,16H,11H2,1-4H3,(H,22,25)(H,23,24,26)/t16-/m0/s1. The van der Waals surface area contributed by atoms with Gasteiger partial charge in [0.15, 0.2) is 5.17 Å². The maximum absolute atomic E-state index is 12.4. The first kappa shape index (κ1) is 19.2. The number of rotatable bonds is 4. The fourth-order valence-corrected chi connectivity index (χ4v) is 4.02. The van der Waals surface area contributed by atoms with Crippen LogP contribution in [0.2, 0.25) is 0 Å². The topological polar surface area (TPSA) is 70.6 Å². The van der Waals surface area contributed by atoms with Gasteiger partial charge in [0, 0.05) is 12.1 Å². The molecular formula is C21H23N3O2S. The van der Waals surface area contributed by atoms with Crippen LogP contribution >= 0.6 is 11.8 Å². The first-order valence-electron chi connectivity index (χ1n) is 8.83. The fourth-order valence-electron chi connectivity index (χ4n) is 3.05. The molecule has 3 rings (SSSR count). The van der Waals surface area contributed by atoms with E-state index < -0.39 is 5.25 Å². The van der Waals surface area contributed by atoms with E-state index in [1.54, 1.807) is 0 Å². The van der Waals surface area contributed by atoms with Gasteiger partial charge in [0.25, 0.3) is 0 Å². The Kier molecular flexibility index (Phi) is 5.65. The van der Waals surface area contributed by atoms with E-state index in [4.69, 9.17) is 0 Å². The first-order valence-corrected chi connectivity index (χ1v) is 9.71. The molecule has 2 amide bonds. The Labute approximate surface area is 163 Å². The number of aryl methyl sites for hydroxylation is 4. The van der Waals surface area contributed by atoms with E-state index in [2.05, 4.69) is 15.6 Å². The zero-order chi connectivity index (χ0) is 19.6. The van der Waals surface area contributed by atoms with Crippen LogP contribution in [-0.2, 0) is 9.59 Å². The van der Waals surface area contributed by atoms with Crippen molar-refractivity contribution in [2.45, 2.75) is 39.4 Å². The third kappa shape index (κ3) is 4.39. The zero-order valence-electron chi connectivity index (χ0n) is 15.9. The predicted octanol–water partition coefficient (Wildman–Crippen LogP) is 4.17. The highest BCUT2D eigenvalue weighted by atomic mass is 32.2. The minimum atomic E-state index is -0.475. The number of amides is 2. The summed E-state index contributed by atoms with van der Waals surface area (Å²) in [6, 6.07) is 11.8. The van der Waals surface area contributed by atoms with Crippen LogP contribution in [0.25, 0.3) is 0 Å². The van der Waals surface area contributed by atoms with Crippen LogP contribution < -0.4 is 10.6 Å². The van der Waals surface area contributed by atoms with Crippen LogP contribution in [-0.4, -0.2) is 22.2 Å². The minimum absolute atomic E-state index is 0.107. The van der Waals surface area contributed by atoms with Crippen LogP contribution in [0.15, 0.2) is 41.4 Å². The Balaban J connectivity index is 1.69.